The zero-order chi connectivity index (χ0) is 29.9. The minimum absolute atomic E-state index is 0.0926. The number of rotatable bonds is 14. The van der Waals surface area contributed by atoms with E-state index >= 15 is 8.78 Å². The predicted molar refractivity (Wildman–Crippen MR) is 164 cm³/mol. The summed E-state index contributed by atoms with van der Waals surface area (Å²) in [5.74, 6) is -4.40. The minimum Gasteiger partial charge on any atom is -0.490 e. The second kappa shape index (κ2) is 16.0. The maximum absolute atomic E-state index is 15.2. The van der Waals surface area contributed by atoms with Crippen molar-refractivity contribution in [2.75, 3.05) is 6.61 Å². The van der Waals surface area contributed by atoms with Gasteiger partial charge in [-0.05, 0) is 98.4 Å². The van der Waals surface area contributed by atoms with Gasteiger partial charge in [-0.25, -0.2) is 13.2 Å². The molecule has 4 rings (SSSR count). The van der Waals surface area contributed by atoms with E-state index < -0.39 is 23.3 Å². The van der Waals surface area contributed by atoms with E-state index in [0.717, 1.165) is 51.4 Å². The smallest absolute Gasteiger partial charge is 0.201 e. The molecule has 3 aromatic rings. The molecule has 3 aromatic carbocycles. The molecule has 0 spiro atoms. The zero-order valence-corrected chi connectivity index (χ0v) is 25.0. The lowest BCUT2D eigenvalue weighted by atomic mass is 9.78. The van der Waals surface area contributed by atoms with Crippen LogP contribution >= 0.6 is 0 Å². The van der Waals surface area contributed by atoms with Crippen LogP contribution in [-0.4, -0.2) is 6.61 Å². The lowest BCUT2D eigenvalue weighted by Gasteiger charge is -2.27. The fourth-order valence-corrected chi connectivity index (χ4v) is 5.88. The van der Waals surface area contributed by atoms with Crippen LogP contribution in [0.1, 0.15) is 101 Å². The average molecular weight is 581 g/mol. The van der Waals surface area contributed by atoms with Crippen molar-refractivity contribution in [2.45, 2.75) is 96.8 Å². The molecule has 0 saturated heterocycles. The molecule has 0 N–H and O–H groups in total. The van der Waals surface area contributed by atoms with Crippen molar-refractivity contribution in [3.63, 3.8) is 0 Å². The van der Waals surface area contributed by atoms with E-state index in [-0.39, 0.29) is 29.4 Å². The quantitative estimate of drug-likeness (QED) is 0.105. The highest BCUT2D eigenvalue weighted by Crippen LogP contribution is 2.40. The minimum atomic E-state index is -1.23. The molecule has 0 bridgehead atoms. The molecule has 226 valence electrons. The SMILES string of the molecule is CCCCCc1ccc(CCC=CC2CCC(c3ccc(-c4ccc(OCCCC)c(F)c4F)c(F)c3F)CC2)cc1. The fraction of sp³-hybridized carbons (Fsp3) is 0.459. The molecule has 0 radical (unpaired) electrons. The molecule has 1 nitrogen and oxygen atoms in total. The van der Waals surface area contributed by atoms with Gasteiger partial charge >= 0.3 is 0 Å². The Balaban J connectivity index is 1.30. The van der Waals surface area contributed by atoms with Crippen molar-refractivity contribution in [1.82, 2.24) is 0 Å². The van der Waals surface area contributed by atoms with Crippen LogP contribution in [-0.2, 0) is 12.8 Å². The van der Waals surface area contributed by atoms with E-state index in [2.05, 4.69) is 43.3 Å². The molecule has 1 aliphatic rings. The third-order valence-electron chi connectivity index (χ3n) is 8.52. The van der Waals surface area contributed by atoms with Crippen LogP contribution in [0.25, 0.3) is 11.1 Å². The average Bonchev–Trinajstić information content (AvgIpc) is 3.01. The molecular formula is C37H44F4O. The maximum atomic E-state index is 15.2. The lowest BCUT2D eigenvalue weighted by Crippen LogP contribution is -2.14. The highest BCUT2D eigenvalue weighted by Gasteiger charge is 2.27. The standard InChI is InChI=1S/C37H44F4O/c1-3-5-7-10-26-13-15-27(16-14-26)11-8-9-12-28-17-19-29(20-18-28)30-21-22-31(35(39)34(30)38)32-23-24-33(37(41)36(32)40)42-25-6-4-2/h9,12-16,21-24,28-29H,3-8,10-11,17-20,25H2,1-2H3. The third kappa shape index (κ3) is 8.26. The Bertz CT molecular complexity index is 1310. The molecule has 0 aromatic heterocycles. The summed E-state index contributed by atoms with van der Waals surface area (Å²) in [5.41, 5.74) is 2.48. The van der Waals surface area contributed by atoms with E-state index in [1.54, 1.807) is 0 Å². The Morgan fingerprint density at radius 3 is 1.95 bits per heavy atom. The van der Waals surface area contributed by atoms with Gasteiger partial charge in [-0.3, -0.25) is 0 Å². The molecule has 0 amide bonds. The number of benzene rings is 3. The topological polar surface area (TPSA) is 9.23 Å². The number of allylic oxidation sites excluding steroid dienone is 2. The predicted octanol–water partition coefficient (Wildman–Crippen LogP) is 11.3. The summed E-state index contributed by atoms with van der Waals surface area (Å²) < 4.78 is 65.1. The van der Waals surface area contributed by atoms with Gasteiger partial charge in [-0.2, -0.15) is 4.39 Å². The summed E-state index contributed by atoms with van der Waals surface area (Å²) in [6.07, 6.45) is 16.4. The van der Waals surface area contributed by atoms with Crippen LogP contribution in [0.15, 0.2) is 60.7 Å². The van der Waals surface area contributed by atoms with Crippen molar-refractivity contribution in [1.29, 1.82) is 0 Å². The van der Waals surface area contributed by atoms with Gasteiger partial charge in [0.2, 0.25) is 5.82 Å². The van der Waals surface area contributed by atoms with E-state index in [1.807, 2.05) is 6.92 Å². The van der Waals surface area contributed by atoms with Gasteiger partial charge in [0.05, 0.1) is 6.61 Å². The molecule has 0 aliphatic heterocycles. The first-order chi connectivity index (χ1) is 20.4. The van der Waals surface area contributed by atoms with Crippen molar-refractivity contribution < 1.29 is 22.3 Å². The first-order valence-electron chi connectivity index (χ1n) is 15.8. The van der Waals surface area contributed by atoms with Gasteiger partial charge in [0.1, 0.15) is 0 Å². The van der Waals surface area contributed by atoms with Gasteiger partial charge in [0.25, 0.3) is 0 Å². The fourth-order valence-electron chi connectivity index (χ4n) is 5.88. The van der Waals surface area contributed by atoms with Gasteiger partial charge in [0, 0.05) is 11.1 Å². The molecule has 1 fully saturated rings. The monoisotopic (exact) mass is 580 g/mol. The molecule has 0 unspecified atom stereocenters. The van der Waals surface area contributed by atoms with E-state index in [0.29, 0.717) is 17.9 Å². The largest absolute Gasteiger partial charge is 0.490 e. The second-order valence-corrected chi connectivity index (χ2v) is 11.6. The Morgan fingerprint density at radius 2 is 1.29 bits per heavy atom. The normalized spacial score (nSPS) is 17.2. The lowest BCUT2D eigenvalue weighted by molar-refractivity contribution is 0.289. The molecule has 1 saturated carbocycles. The van der Waals surface area contributed by atoms with Crippen LogP contribution in [0.4, 0.5) is 17.6 Å². The van der Waals surface area contributed by atoms with Crippen molar-refractivity contribution in [3.8, 4) is 16.9 Å². The molecular weight excluding hydrogens is 536 g/mol. The van der Waals surface area contributed by atoms with Gasteiger partial charge in [-0.15, -0.1) is 0 Å². The third-order valence-corrected chi connectivity index (χ3v) is 8.52. The number of ether oxygens (including phenoxy) is 1. The van der Waals surface area contributed by atoms with Crippen molar-refractivity contribution in [2.24, 2.45) is 5.92 Å². The Morgan fingerprint density at radius 1 is 0.667 bits per heavy atom. The number of aryl methyl sites for hydroxylation is 2. The highest BCUT2D eigenvalue weighted by atomic mass is 19.2. The summed E-state index contributed by atoms with van der Waals surface area (Å²) in [6, 6.07) is 14.4. The van der Waals surface area contributed by atoms with Gasteiger partial charge in [0.15, 0.2) is 23.2 Å². The molecule has 0 heterocycles. The Labute approximate surface area is 249 Å². The van der Waals surface area contributed by atoms with Crippen LogP contribution < -0.4 is 4.74 Å². The molecule has 1 aliphatic carbocycles. The summed E-state index contributed by atoms with van der Waals surface area (Å²) in [4.78, 5) is 0. The van der Waals surface area contributed by atoms with Crippen molar-refractivity contribution >= 4 is 0 Å². The highest BCUT2D eigenvalue weighted by molar-refractivity contribution is 5.66. The Kier molecular flexibility index (Phi) is 12.1. The maximum Gasteiger partial charge on any atom is 0.201 e. The van der Waals surface area contributed by atoms with Crippen LogP contribution in [0.5, 0.6) is 5.75 Å². The van der Waals surface area contributed by atoms with Crippen molar-refractivity contribution in [3.05, 3.63) is 101 Å². The number of unbranched alkanes of at least 4 members (excludes halogenated alkanes) is 3. The van der Waals surface area contributed by atoms with Crippen LogP contribution in [0, 0.1) is 29.2 Å². The van der Waals surface area contributed by atoms with Crippen LogP contribution in [0.3, 0.4) is 0 Å². The van der Waals surface area contributed by atoms with E-state index in [4.69, 9.17) is 4.74 Å². The molecule has 0 atom stereocenters. The van der Waals surface area contributed by atoms with E-state index in [9.17, 15) is 8.78 Å². The first kappa shape index (κ1) is 31.8. The van der Waals surface area contributed by atoms with Gasteiger partial charge in [-0.1, -0.05) is 81.7 Å². The second-order valence-electron chi connectivity index (χ2n) is 11.6. The van der Waals surface area contributed by atoms with Gasteiger partial charge < -0.3 is 4.74 Å². The Hall–Kier alpha value is -3.08. The molecule has 5 heteroatoms. The summed E-state index contributed by atoms with van der Waals surface area (Å²) >= 11 is 0. The summed E-state index contributed by atoms with van der Waals surface area (Å²) in [5, 5.41) is 0. The summed E-state index contributed by atoms with van der Waals surface area (Å²) in [6.45, 7) is 4.45. The number of hydrogen-bond acceptors (Lipinski definition) is 1. The molecule has 42 heavy (non-hydrogen) atoms. The zero-order valence-electron chi connectivity index (χ0n) is 25.0. The van der Waals surface area contributed by atoms with Crippen LogP contribution in [0.2, 0.25) is 0 Å². The number of halogens is 4. The number of hydrogen-bond donors (Lipinski definition) is 0. The van der Waals surface area contributed by atoms with E-state index in [1.165, 1.54) is 54.7 Å². The summed E-state index contributed by atoms with van der Waals surface area (Å²) in [7, 11) is 0. The first-order valence-corrected chi connectivity index (χ1v) is 15.8.